The van der Waals surface area contributed by atoms with Crippen LogP contribution in [-0.2, 0) is 4.74 Å². The van der Waals surface area contributed by atoms with Crippen molar-refractivity contribution in [1.29, 1.82) is 0 Å². The van der Waals surface area contributed by atoms with E-state index in [9.17, 15) is 4.79 Å². The number of nitrogens with zero attached hydrogens (tertiary/aromatic N) is 1. The average Bonchev–Trinajstić information content (AvgIpc) is 2.88. The van der Waals surface area contributed by atoms with Crippen molar-refractivity contribution in [2.24, 2.45) is 11.8 Å². The highest BCUT2D eigenvalue weighted by Crippen LogP contribution is 2.30. The molecule has 1 aromatic rings. The molecule has 0 aliphatic carbocycles. The summed E-state index contributed by atoms with van der Waals surface area (Å²) in [5.74, 6) is 1.14. The molecule has 0 saturated carbocycles. The molecule has 1 aromatic carbocycles. The fourth-order valence-electron chi connectivity index (χ4n) is 2.66. The van der Waals surface area contributed by atoms with E-state index in [4.69, 9.17) is 16.3 Å². The van der Waals surface area contributed by atoms with E-state index in [2.05, 4.69) is 0 Å². The summed E-state index contributed by atoms with van der Waals surface area (Å²) in [5.41, 5.74) is 0.679. The SMILES string of the molecule is O=C(c1cccc(Cl)c1)N1C[C@H]2COC[C@@H]2C1. The van der Waals surface area contributed by atoms with Gasteiger partial charge in [0.05, 0.1) is 13.2 Å². The van der Waals surface area contributed by atoms with Gasteiger partial charge in [-0.05, 0) is 18.2 Å². The van der Waals surface area contributed by atoms with Gasteiger partial charge in [0.25, 0.3) is 5.91 Å². The first-order valence-corrected chi connectivity index (χ1v) is 6.24. The smallest absolute Gasteiger partial charge is 0.253 e. The number of carbonyl (C=O) groups is 1. The van der Waals surface area contributed by atoms with Gasteiger partial charge in [0.1, 0.15) is 0 Å². The molecule has 0 unspecified atom stereocenters. The van der Waals surface area contributed by atoms with Gasteiger partial charge in [-0.1, -0.05) is 17.7 Å². The van der Waals surface area contributed by atoms with Crippen LogP contribution in [0.4, 0.5) is 0 Å². The fourth-order valence-corrected chi connectivity index (χ4v) is 2.85. The van der Waals surface area contributed by atoms with Crippen LogP contribution >= 0.6 is 11.6 Å². The molecule has 0 bridgehead atoms. The molecule has 2 aliphatic heterocycles. The maximum absolute atomic E-state index is 12.3. The molecule has 0 aromatic heterocycles. The van der Waals surface area contributed by atoms with Crippen molar-refractivity contribution < 1.29 is 9.53 Å². The van der Waals surface area contributed by atoms with Crippen molar-refractivity contribution in [2.75, 3.05) is 26.3 Å². The molecule has 0 spiro atoms. The zero-order chi connectivity index (χ0) is 11.8. The maximum atomic E-state index is 12.3. The minimum Gasteiger partial charge on any atom is -0.381 e. The van der Waals surface area contributed by atoms with Crippen LogP contribution in [0.3, 0.4) is 0 Å². The number of rotatable bonds is 1. The largest absolute Gasteiger partial charge is 0.381 e. The number of halogens is 1. The number of fused-ring (bicyclic) bond motifs is 1. The maximum Gasteiger partial charge on any atom is 0.253 e. The van der Waals surface area contributed by atoms with Gasteiger partial charge in [0.2, 0.25) is 0 Å². The summed E-state index contributed by atoms with van der Waals surface area (Å²) in [7, 11) is 0. The molecular weight excluding hydrogens is 238 g/mol. The first-order valence-electron chi connectivity index (χ1n) is 5.86. The summed E-state index contributed by atoms with van der Waals surface area (Å²) in [6.07, 6.45) is 0. The number of carbonyl (C=O) groups excluding carboxylic acids is 1. The summed E-state index contributed by atoms with van der Waals surface area (Å²) in [6.45, 7) is 3.22. The molecule has 4 heteroatoms. The Morgan fingerprint density at radius 2 is 2.00 bits per heavy atom. The van der Waals surface area contributed by atoms with Crippen LogP contribution in [0.2, 0.25) is 5.02 Å². The Hall–Kier alpha value is -1.06. The van der Waals surface area contributed by atoms with E-state index in [1.54, 1.807) is 12.1 Å². The lowest BCUT2D eigenvalue weighted by Crippen LogP contribution is -2.30. The monoisotopic (exact) mass is 251 g/mol. The van der Waals surface area contributed by atoms with Crippen LogP contribution in [-0.4, -0.2) is 37.1 Å². The fraction of sp³-hybridized carbons (Fsp3) is 0.462. The van der Waals surface area contributed by atoms with E-state index >= 15 is 0 Å². The lowest BCUT2D eigenvalue weighted by molar-refractivity contribution is 0.0751. The van der Waals surface area contributed by atoms with Gasteiger partial charge in [-0.3, -0.25) is 4.79 Å². The number of amides is 1. The van der Waals surface area contributed by atoms with Gasteiger partial charge in [-0.25, -0.2) is 0 Å². The Balaban J connectivity index is 1.75. The first-order chi connectivity index (χ1) is 8.24. The van der Waals surface area contributed by atoms with E-state index in [0.717, 1.165) is 26.3 Å². The Morgan fingerprint density at radius 3 is 2.65 bits per heavy atom. The van der Waals surface area contributed by atoms with Crippen LogP contribution in [0.5, 0.6) is 0 Å². The summed E-state index contributed by atoms with van der Waals surface area (Å²) in [6, 6.07) is 7.15. The third-order valence-corrected chi connectivity index (χ3v) is 3.83. The average molecular weight is 252 g/mol. The number of hydrogen-bond donors (Lipinski definition) is 0. The van der Waals surface area contributed by atoms with Gasteiger partial charge in [-0.2, -0.15) is 0 Å². The molecule has 3 nitrogen and oxygen atoms in total. The lowest BCUT2D eigenvalue weighted by Gasteiger charge is -2.17. The third kappa shape index (κ3) is 2.05. The normalized spacial score (nSPS) is 27.2. The number of likely N-dealkylation sites (tertiary alicyclic amines) is 1. The molecule has 2 saturated heterocycles. The second-order valence-corrected chi connectivity index (χ2v) is 5.21. The second-order valence-electron chi connectivity index (χ2n) is 4.78. The van der Waals surface area contributed by atoms with Crippen LogP contribution in [0.25, 0.3) is 0 Å². The van der Waals surface area contributed by atoms with Crippen molar-refractivity contribution >= 4 is 17.5 Å². The minimum atomic E-state index is 0.0851. The highest BCUT2D eigenvalue weighted by molar-refractivity contribution is 6.30. The Labute approximate surface area is 105 Å². The first kappa shape index (κ1) is 11.1. The molecule has 2 aliphatic rings. The van der Waals surface area contributed by atoms with E-state index in [1.807, 2.05) is 17.0 Å². The topological polar surface area (TPSA) is 29.5 Å². The number of hydrogen-bond acceptors (Lipinski definition) is 2. The summed E-state index contributed by atoms with van der Waals surface area (Å²) >= 11 is 5.90. The third-order valence-electron chi connectivity index (χ3n) is 3.60. The number of ether oxygens (including phenoxy) is 1. The zero-order valence-electron chi connectivity index (χ0n) is 9.43. The molecule has 3 rings (SSSR count). The van der Waals surface area contributed by atoms with Gasteiger partial charge < -0.3 is 9.64 Å². The predicted octanol–water partition coefficient (Wildman–Crippen LogP) is 2.06. The van der Waals surface area contributed by atoms with Crippen molar-refractivity contribution in [3.63, 3.8) is 0 Å². The molecule has 0 N–H and O–H groups in total. The molecule has 1 amide bonds. The molecular formula is C13H14ClNO2. The van der Waals surface area contributed by atoms with Crippen molar-refractivity contribution in [1.82, 2.24) is 4.90 Å². The van der Waals surface area contributed by atoms with E-state index in [0.29, 0.717) is 22.4 Å². The van der Waals surface area contributed by atoms with Gasteiger partial charge in [-0.15, -0.1) is 0 Å². The van der Waals surface area contributed by atoms with Crippen LogP contribution in [0.15, 0.2) is 24.3 Å². The Kier molecular flexibility index (Phi) is 2.81. The van der Waals surface area contributed by atoms with E-state index in [1.165, 1.54) is 0 Å². The molecule has 17 heavy (non-hydrogen) atoms. The standard InChI is InChI=1S/C13H14ClNO2/c14-12-3-1-2-9(4-12)13(16)15-5-10-7-17-8-11(10)6-15/h1-4,10-11H,5-8H2/t10-,11-/m0/s1. The van der Waals surface area contributed by atoms with Crippen LogP contribution in [0.1, 0.15) is 10.4 Å². The summed E-state index contributed by atoms with van der Waals surface area (Å²) in [4.78, 5) is 14.2. The van der Waals surface area contributed by atoms with Gasteiger partial charge >= 0.3 is 0 Å². The van der Waals surface area contributed by atoms with E-state index in [-0.39, 0.29) is 5.91 Å². The second kappa shape index (κ2) is 4.31. The van der Waals surface area contributed by atoms with Crippen LogP contribution < -0.4 is 0 Å². The molecule has 2 heterocycles. The van der Waals surface area contributed by atoms with Crippen molar-refractivity contribution in [3.05, 3.63) is 34.9 Å². The zero-order valence-corrected chi connectivity index (χ0v) is 10.2. The molecule has 0 radical (unpaired) electrons. The van der Waals surface area contributed by atoms with Gasteiger partial charge in [0.15, 0.2) is 0 Å². The highest BCUT2D eigenvalue weighted by atomic mass is 35.5. The summed E-state index contributed by atoms with van der Waals surface area (Å²) in [5, 5.41) is 0.610. The van der Waals surface area contributed by atoms with Crippen LogP contribution in [0, 0.1) is 11.8 Å². The van der Waals surface area contributed by atoms with Crippen molar-refractivity contribution in [2.45, 2.75) is 0 Å². The molecule has 2 fully saturated rings. The predicted molar refractivity (Wildman–Crippen MR) is 65.2 cm³/mol. The summed E-state index contributed by atoms with van der Waals surface area (Å²) < 4.78 is 5.41. The molecule has 2 atom stereocenters. The number of benzene rings is 1. The lowest BCUT2D eigenvalue weighted by atomic mass is 10.0. The Morgan fingerprint density at radius 1 is 1.29 bits per heavy atom. The van der Waals surface area contributed by atoms with E-state index < -0.39 is 0 Å². The Bertz CT molecular complexity index is 437. The van der Waals surface area contributed by atoms with Gasteiger partial charge in [0, 0.05) is 35.5 Å². The molecule has 90 valence electrons. The minimum absolute atomic E-state index is 0.0851. The van der Waals surface area contributed by atoms with Crippen molar-refractivity contribution in [3.8, 4) is 0 Å². The highest BCUT2D eigenvalue weighted by Gasteiger charge is 2.39. The quantitative estimate of drug-likeness (QED) is 0.765.